The molecule has 0 bridgehead atoms. The zero-order chi connectivity index (χ0) is 14.5. The summed E-state index contributed by atoms with van der Waals surface area (Å²) >= 11 is 1.52. The molecule has 20 heavy (non-hydrogen) atoms. The lowest BCUT2D eigenvalue weighted by atomic mass is 10.1. The van der Waals surface area contributed by atoms with E-state index in [1.54, 1.807) is 17.3 Å². The van der Waals surface area contributed by atoms with Gasteiger partial charge in [-0.15, -0.1) is 0 Å². The molecule has 0 aliphatic carbocycles. The second kappa shape index (κ2) is 6.69. The van der Waals surface area contributed by atoms with Crippen molar-refractivity contribution in [2.24, 2.45) is 7.05 Å². The van der Waals surface area contributed by atoms with Gasteiger partial charge in [-0.2, -0.15) is 5.10 Å². The van der Waals surface area contributed by atoms with E-state index in [1.807, 2.05) is 7.05 Å². The summed E-state index contributed by atoms with van der Waals surface area (Å²) in [5.74, 6) is 1.26. The van der Waals surface area contributed by atoms with Crippen molar-refractivity contribution in [3.8, 4) is 0 Å². The van der Waals surface area contributed by atoms with E-state index in [0.29, 0.717) is 5.92 Å². The highest BCUT2D eigenvalue weighted by atomic mass is 32.2. The molecule has 1 N–H and O–H groups in total. The number of aromatic nitrogens is 5. The minimum atomic E-state index is 0.339. The molecule has 0 unspecified atom stereocenters. The van der Waals surface area contributed by atoms with E-state index in [0.717, 1.165) is 34.5 Å². The molecule has 0 saturated carbocycles. The van der Waals surface area contributed by atoms with Gasteiger partial charge in [-0.05, 0) is 24.1 Å². The molecular formula is C13H20N6S. The van der Waals surface area contributed by atoms with E-state index in [1.165, 1.54) is 11.8 Å². The number of aryl methyl sites for hydroxylation is 1. The van der Waals surface area contributed by atoms with Gasteiger partial charge in [0.1, 0.15) is 23.5 Å². The van der Waals surface area contributed by atoms with Crippen LogP contribution in [-0.4, -0.2) is 31.3 Å². The van der Waals surface area contributed by atoms with Crippen molar-refractivity contribution in [1.82, 2.24) is 24.7 Å². The molecule has 108 valence electrons. The largest absolute Gasteiger partial charge is 0.370 e. The molecule has 0 aromatic carbocycles. The van der Waals surface area contributed by atoms with E-state index in [2.05, 4.69) is 46.1 Å². The third-order valence-corrected chi connectivity index (χ3v) is 3.90. The van der Waals surface area contributed by atoms with Crippen LogP contribution in [0.25, 0.3) is 0 Å². The fraction of sp³-hybridized carbons (Fsp3) is 0.538. The van der Waals surface area contributed by atoms with Gasteiger partial charge in [0.2, 0.25) is 0 Å². The molecular weight excluding hydrogens is 272 g/mol. The molecule has 0 spiro atoms. The van der Waals surface area contributed by atoms with Crippen LogP contribution in [0, 0.1) is 0 Å². The van der Waals surface area contributed by atoms with Crippen LogP contribution in [0.15, 0.2) is 22.8 Å². The molecule has 6 nitrogen and oxygen atoms in total. The smallest absolute Gasteiger partial charge is 0.192 e. The number of hydrogen-bond donors (Lipinski definition) is 1. The molecule has 0 aliphatic rings. The summed E-state index contributed by atoms with van der Waals surface area (Å²) in [6, 6.07) is 0. The van der Waals surface area contributed by atoms with E-state index >= 15 is 0 Å². The maximum absolute atomic E-state index is 4.42. The summed E-state index contributed by atoms with van der Waals surface area (Å²) in [5, 5.41) is 9.22. The third kappa shape index (κ3) is 3.27. The monoisotopic (exact) mass is 292 g/mol. The van der Waals surface area contributed by atoms with Crippen LogP contribution in [0.1, 0.15) is 38.7 Å². The van der Waals surface area contributed by atoms with Gasteiger partial charge in [0, 0.05) is 19.2 Å². The van der Waals surface area contributed by atoms with Crippen LogP contribution >= 0.6 is 11.8 Å². The summed E-state index contributed by atoms with van der Waals surface area (Å²) in [7, 11) is 1.88. The predicted molar refractivity (Wildman–Crippen MR) is 80.0 cm³/mol. The van der Waals surface area contributed by atoms with Crippen LogP contribution in [-0.2, 0) is 7.05 Å². The van der Waals surface area contributed by atoms with Crippen LogP contribution in [0.5, 0.6) is 0 Å². The van der Waals surface area contributed by atoms with Crippen molar-refractivity contribution in [3.63, 3.8) is 0 Å². The molecule has 0 aliphatic heterocycles. The standard InChI is InChI=1S/C13H20N6S/c1-5-6-14-11-10(9(2)3)12(16-7-15-11)20-13-17-8-18-19(13)4/h7-9H,5-6H2,1-4H3,(H,14,15,16). The van der Waals surface area contributed by atoms with E-state index < -0.39 is 0 Å². The Morgan fingerprint density at radius 2 is 2.05 bits per heavy atom. The predicted octanol–water partition coefficient (Wildman–Crippen LogP) is 2.70. The molecule has 7 heteroatoms. The summed E-state index contributed by atoms with van der Waals surface area (Å²) in [4.78, 5) is 13.0. The minimum Gasteiger partial charge on any atom is -0.370 e. The summed E-state index contributed by atoms with van der Waals surface area (Å²) in [5.41, 5.74) is 1.13. The number of nitrogens with one attached hydrogen (secondary N) is 1. The highest BCUT2D eigenvalue weighted by molar-refractivity contribution is 7.99. The van der Waals surface area contributed by atoms with E-state index in [4.69, 9.17) is 0 Å². The molecule has 0 radical (unpaired) electrons. The highest BCUT2D eigenvalue weighted by Gasteiger charge is 2.17. The minimum absolute atomic E-state index is 0.339. The van der Waals surface area contributed by atoms with Gasteiger partial charge >= 0.3 is 0 Å². The van der Waals surface area contributed by atoms with Gasteiger partial charge in [-0.3, -0.25) is 0 Å². The van der Waals surface area contributed by atoms with Crippen molar-refractivity contribution >= 4 is 17.6 Å². The van der Waals surface area contributed by atoms with Crippen LogP contribution in [0.2, 0.25) is 0 Å². The van der Waals surface area contributed by atoms with Crippen molar-refractivity contribution in [1.29, 1.82) is 0 Å². The first-order valence-corrected chi connectivity index (χ1v) is 7.55. The Hall–Kier alpha value is -1.63. The lowest BCUT2D eigenvalue weighted by Gasteiger charge is -2.16. The van der Waals surface area contributed by atoms with Gasteiger partial charge in [0.25, 0.3) is 0 Å². The fourth-order valence-electron chi connectivity index (χ4n) is 1.83. The average Bonchev–Trinajstić information content (AvgIpc) is 2.81. The first-order chi connectivity index (χ1) is 9.63. The number of nitrogens with zero attached hydrogens (tertiary/aromatic N) is 5. The van der Waals surface area contributed by atoms with Crippen LogP contribution in [0.3, 0.4) is 0 Å². The van der Waals surface area contributed by atoms with Crippen molar-refractivity contribution in [2.45, 2.75) is 43.3 Å². The Morgan fingerprint density at radius 3 is 2.65 bits per heavy atom. The Kier molecular flexibility index (Phi) is 4.94. The van der Waals surface area contributed by atoms with E-state index in [-0.39, 0.29) is 0 Å². The van der Waals surface area contributed by atoms with Crippen LogP contribution in [0.4, 0.5) is 5.82 Å². The first kappa shape index (κ1) is 14.8. The van der Waals surface area contributed by atoms with Gasteiger partial charge in [0.15, 0.2) is 5.16 Å². The SMILES string of the molecule is CCCNc1ncnc(Sc2ncnn2C)c1C(C)C. The summed E-state index contributed by atoms with van der Waals surface area (Å²) < 4.78 is 1.75. The number of rotatable bonds is 6. The van der Waals surface area contributed by atoms with Crippen molar-refractivity contribution < 1.29 is 0 Å². The maximum Gasteiger partial charge on any atom is 0.192 e. The lowest BCUT2D eigenvalue weighted by molar-refractivity contribution is 0.683. The molecule has 2 aromatic rings. The van der Waals surface area contributed by atoms with Gasteiger partial charge in [-0.25, -0.2) is 19.6 Å². The Bertz CT molecular complexity index is 566. The quantitative estimate of drug-likeness (QED) is 0.826. The fourth-order valence-corrected chi connectivity index (χ4v) is 2.82. The number of hydrogen-bond acceptors (Lipinski definition) is 6. The Labute approximate surface area is 123 Å². The van der Waals surface area contributed by atoms with Crippen molar-refractivity contribution in [3.05, 3.63) is 18.2 Å². The zero-order valence-corrected chi connectivity index (χ0v) is 13.1. The summed E-state index contributed by atoms with van der Waals surface area (Å²) in [6.07, 6.45) is 4.21. The van der Waals surface area contributed by atoms with Crippen LogP contribution < -0.4 is 5.32 Å². The topological polar surface area (TPSA) is 68.5 Å². The maximum atomic E-state index is 4.42. The molecule has 2 heterocycles. The first-order valence-electron chi connectivity index (χ1n) is 6.74. The molecule has 2 aromatic heterocycles. The Morgan fingerprint density at radius 1 is 1.25 bits per heavy atom. The molecule has 0 saturated heterocycles. The normalized spacial score (nSPS) is 11.1. The Balaban J connectivity index is 2.34. The summed E-state index contributed by atoms with van der Waals surface area (Å²) in [6.45, 7) is 7.34. The van der Waals surface area contributed by atoms with Crippen molar-refractivity contribution in [2.75, 3.05) is 11.9 Å². The highest BCUT2D eigenvalue weighted by Crippen LogP contribution is 2.34. The zero-order valence-electron chi connectivity index (χ0n) is 12.3. The molecule has 0 atom stereocenters. The molecule has 0 fully saturated rings. The number of anilines is 1. The third-order valence-electron chi connectivity index (χ3n) is 2.82. The second-order valence-corrected chi connectivity index (χ2v) is 5.75. The molecule has 0 amide bonds. The average molecular weight is 292 g/mol. The van der Waals surface area contributed by atoms with Gasteiger partial charge in [-0.1, -0.05) is 20.8 Å². The second-order valence-electron chi connectivity index (χ2n) is 4.79. The van der Waals surface area contributed by atoms with Gasteiger partial charge < -0.3 is 5.32 Å². The molecule has 2 rings (SSSR count). The van der Waals surface area contributed by atoms with Gasteiger partial charge in [0.05, 0.1) is 0 Å². The lowest BCUT2D eigenvalue weighted by Crippen LogP contribution is -2.08. The van der Waals surface area contributed by atoms with E-state index in [9.17, 15) is 0 Å².